The van der Waals surface area contributed by atoms with E-state index in [9.17, 15) is 9.59 Å². The summed E-state index contributed by atoms with van der Waals surface area (Å²) in [6, 6.07) is 13.7. The summed E-state index contributed by atoms with van der Waals surface area (Å²) in [5, 5.41) is 5.50. The van der Waals surface area contributed by atoms with E-state index in [2.05, 4.69) is 10.3 Å². The van der Waals surface area contributed by atoms with E-state index >= 15 is 0 Å². The van der Waals surface area contributed by atoms with Crippen molar-refractivity contribution in [2.24, 2.45) is 0 Å². The zero-order chi connectivity index (χ0) is 20.6. The van der Waals surface area contributed by atoms with Crippen LogP contribution < -0.4 is 14.8 Å². The molecule has 0 aliphatic carbocycles. The highest BCUT2D eigenvalue weighted by molar-refractivity contribution is 7.09. The molecule has 29 heavy (non-hydrogen) atoms. The molecule has 0 unspecified atom stereocenters. The van der Waals surface area contributed by atoms with Crippen molar-refractivity contribution < 1.29 is 23.8 Å². The van der Waals surface area contributed by atoms with Crippen molar-refractivity contribution in [3.05, 3.63) is 70.2 Å². The third kappa shape index (κ3) is 5.55. The van der Waals surface area contributed by atoms with Crippen LogP contribution in [0.1, 0.15) is 21.1 Å². The average molecular weight is 412 g/mol. The van der Waals surface area contributed by atoms with E-state index in [0.29, 0.717) is 17.2 Å². The van der Waals surface area contributed by atoms with E-state index in [4.69, 9.17) is 14.2 Å². The summed E-state index contributed by atoms with van der Waals surface area (Å²) in [4.78, 5) is 28.9. The summed E-state index contributed by atoms with van der Waals surface area (Å²) in [5.41, 5.74) is 1.52. The quantitative estimate of drug-likeness (QED) is 0.566. The smallest absolute Gasteiger partial charge is 0.342 e. The Bertz CT molecular complexity index is 1000. The Hall–Kier alpha value is -3.39. The third-order valence-electron chi connectivity index (χ3n) is 3.86. The van der Waals surface area contributed by atoms with Crippen LogP contribution in [0.25, 0.3) is 0 Å². The molecule has 150 valence electrons. The summed E-state index contributed by atoms with van der Waals surface area (Å²) in [6.45, 7) is 1.72. The van der Waals surface area contributed by atoms with Gasteiger partial charge in [-0.3, -0.25) is 4.79 Å². The number of thiazole rings is 1. The molecule has 0 saturated heterocycles. The van der Waals surface area contributed by atoms with Gasteiger partial charge in [-0.05, 0) is 31.2 Å². The minimum absolute atomic E-state index is 0.239. The highest BCUT2D eigenvalue weighted by atomic mass is 32.1. The number of methoxy groups -OCH3 is 1. The number of aromatic nitrogens is 1. The summed E-state index contributed by atoms with van der Waals surface area (Å²) < 4.78 is 16.0. The van der Waals surface area contributed by atoms with Gasteiger partial charge in [-0.25, -0.2) is 9.78 Å². The van der Waals surface area contributed by atoms with Gasteiger partial charge in [0, 0.05) is 5.38 Å². The number of hydrogen-bond donors (Lipinski definition) is 1. The van der Waals surface area contributed by atoms with Gasteiger partial charge in [-0.15, -0.1) is 11.3 Å². The van der Waals surface area contributed by atoms with E-state index in [1.165, 1.54) is 18.4 Å². The molecule has 0 radical (unpaired) electrons. The number of nitrogens with one attached hydrogen (secondary N) is 1. The van der Waals surface area contributed by atoms with Crippen LogP contribution in [0.5, 0.6) is 11.5 Å². The summed E-state index contributed by atoms with van der Waals surface area (Å²) in [6.07, 6.45) is 0. The highest BCUT2D eigenvalue weighted by Crippen LogP contribution is 2.23. The van der Waals surface area contributed by atoms with Crippen molar-refractivity contribution >= 4 is 28.9 Å². The number of rotatable bonds is 8. The molecule has 1 aromatic heterocycles. The fourth-order valence-corrected chi connectivity index (χ4v) is 3.13. The molecule has 0 aliphatic rings. The van der Waals surface area contributed by atoms with Crippen LogP contribution >= 0.6 is 11.3 Å². The van der Waals surface area contributed by atoms with Gasteiger partial charge in [0.25, 0.3) is 5.91 Å². The van der Waals surface area contributed by atoms with Crippen LogP contribution in [0, 0.1) is 6.92 Å². The topological polar surface area (TPSA) is 86.8 Å². The predicted molar refractivity (Wildman–Crippen MR) is 110 cm³/mol. The Morgan fingerprint density at radius 1 is 1.07 bits per heavy atom. The van der Waals surface area contributed by atoms with Crippen molar-refractivity contribution in [2.45, 2.75) is 13.5 Å². The van der Waals surface area contributed by atoms with Crippen molar-refractivity contribution in [3.63, 3.8) is 0 Å². The van der Waals surface area contributed by atoms with Gasteiger partial charge < -0.3 is 19.5 Å². The molecule has 0 atom stereocenters. The lowest BCUT2D eigenvalue weighted by molar-refractivity contribution is -0.119. The SMILES string of the molecule is COc1ccccc1NC(=O)COC(=O)c1ccccc1OCc1csc(C)n1. The molecule has 2 aromatic carbocycles. The van der Waals surface area contributed by atoms with Crippen molar-refractivity contribution in [3.8, 4) is 11.5 Å². The third-order valence-corrected chi connectivity index (χ3v) is 4.69. The van der Waals surface area contributed by atoms with Crippen LogP contribution in [-0.4, -0.2) is 30.6 Å². The number of esters is 1. The lowest BCUT2D eigenvalue weighted by Crippen LogP contribution is -2.21. The molecular weight excluding hydrogens is 392 g/mol. The molecule has 3 aromatic rings. The first-order valence-electron chi connectivity index (χ1n) is 8.79. The minimum Gasteiger partial charge on any atom is -0.495 e. The lowest BCUT2D eigenvalue weighted by Gasteiger charge is -2.12. The van der Waals surface area contributed by atoms with Gasteiger partial charge in [-0.1, -0.05) is 24.3 Å². The Kier molecular flexibility index (Phi) is 6.80. The first-order chi connectivity index (χ1) is 14.1. The second kappa shape index (κ2) is 9.70. The number of benzene rings is 2. The average Bonchev–Trinajstić information content (AvgIpc) is 3.16. The lowest BCUT2D eigenvalue weighted by atomic mass is 10.2. The molecular formula is C21H20N2O5S. The maximum absolute atomic E-state index is 12.4. The van der Waals surface area contributed by atoms with E-state index in [0.717, 1.165) is 10.7 Å². The summed E-state index contributed by atoms with van der Waals surface area (Å²) >= 11 is 1.53. The van der Waals surface area contributed by atoms with Crippen LogP contribution in [0.4, 0.5) is 5.69 Å². The fraction of sp³-hybridized carbons (Fsp3) is 0.190. The number of ether oxygens (including phenoxy) is 3. The maximum atomic E-state index is 12.4. The molecule has 0 aliphatic heterocycles. The zero-order valence-corrected chi connectivity index (χ0v) is 16.8. The van der Waals surface area contributed by atoms with Crippen LogP contribution in [0.3, 0.4) is 0 Å². The number of para-hydroxylation sites is 3. The Labute approximate surface area is 172 Å². The fourth-order valence-electron chi connectivity index (χ4n) is 2.53. The Morgan fingerprint density at radius 2 is 1.79 bits per heavy atom. The second-order valence-corrected chi connectivity index (χ2v) is 7.03. The van der Waals surface area contributed by atoms with Gasteiger partial charge in [-0.2, -0.15) is 0 Å². The maximum Gasteiger partial charge on any atom is 0.342 e. The number of hydrogen-bond acceptors (Lipinski definition) is 7. The van der Waals surface area contributed by atoms with Crippen LogP contribution in [0.2, 0.25) is 0 Å². The second-order valence-electron chi connectivity index (χ2n) is 5.97. The Balaban J connectivity index is 1.58. The molecule has 1 N–H and O–H groups in total. The first kappa shape index (κ1) is 20.3. The van der Waals surface area contributed by atoms with E-state index in [1.54, 1.807) is 48.5 Å². The van der Waals surface area contributed by atoms with E-state index < -0.39 is 18.5 Å². The van der Waals surface area contributed by atoms with Crippen molar-refractivity contribution in [1.82, 2.24) is 4.98 Å². The van der Waals surface area contributed by atoms with Crippen LogP contribution in [0.15, 0.2) is 53.9 Å². The molecule has 0 bridgehead atoms. The minimum atomic E-state index is -0.648. The van der Waals surface area contributed by atoms with Crippen LogP contribution in [-0.2, 0) is 16.1 Å². The first-order valence-corrected chi connectivity index (χ1v) is 9.67. The van der Waals surface area contributed by atoms with E-state index in [-0.39, 0.29) is 12.2 Å². The number of aryl methyl sites for hydroxylation is 1. The molecule has 1 heterocycles. The number of amides is 1. The van der Waals surface area contributed by atoms with E-state index in [1.807, 2.05) is 12.3 Å². The molecule has 7 nitrogen and oxygen atoms in total. The van der Waals surface area contributed by atoms with Crippen molar-refractivity contribution in [1.29, 1.82) is 0 Å². The molecule has 8 heteroatoms. The monoisotopic (exact) mass is 412 g/mol. The molecule has 0 fully saturated rings. The summed E-state index contributed by atoms with van der Waals surface area (Å²) in [5.74, 6) is -0.235. The number of carbonyl (C=O) groups excluding carboxylic acids is 2. The summed E-state index contributed by atoms with van der Waals surface area (Å²) in [7, 11) is 1.51. The van der Waals surface area contributed by atoms with Gasteiger partial charge >= 0.3 is 5.97 Å². The molecule has 3 rings (SSSR count). The number of anilines is 1. The Morgan fingerprint density at radius 3 is 2.52 bits per heavy atom. The number of nitrogens with zero attached hydrogens (tertiary/aromatic N) is 1. The highest BCUT2D eigenvalue weighted by Gasteiger charge is 2.16. The largest absolute Gasteiger partial charge is 0.495 e. The van der Waals surface area contributed by atoms with Gasteiger partial charge in [0.1, 0.15) is 23.7 Å². The van der Waals surface area contributed by atoms with Gasteiger partial charge in [0.2, 0.25) is 0 Å². The molecule has 0 spiro atoms. The molecule has 1 amide bonds. The van der Waals surface area contributed by atoms with Gasteiger partial charge in [0.05, 0.1) is 23.5 Å². The standard InChI is InChI=1S/C21H20N2O5S/c1-14-22-15(13-29-14)11-27-18-9-5-3-7-16(18)21(25)28-12-20(24)23-17-8-4-6-10-19(17)26-2/h3-10,13H,11-12H2,1-2H3,(H,23,24). The number of carbonyl (C=O) groups is 2. The molecule has 0 saturated carbocycles. The normalized spacial score (nSPS) is 10.3. The predicted octanol–water partition coefficient (Wildman–Crippen LogP) is 3.83. The van der Waals surface area contributed by atoms with Gasteiger partial charge in [0.15, 0.2) is 6.61 Å². The zero-order valence-electron chi connectivity index (χ0n) is 16.0. The van der Waals surface area contributed by atoms with Crippen molar-refractivity contribution in [2.75, 3.05) is 19.0 Å².